The van der Waals surface area contributed by atoms with Crippen LogP contribution in [-0.2, 0) is 19.6 Å². The summed E-state index contributed by atoms with van der Waals surface area (Å²) >= 11 is 5.65. The molecule has 1 aromatic rings. The van der Waals surface area contributed by atoms with Crippen LogP contribution < -0.4 is 4.72 Å². The van der Waals surface area contributed by atoms with Gasteiger partial charge in [-0.1, -0.05) is 17.7 Å². The van der Waals surface area contributed by atoms with Gasteiger partial charge in [-0.25, -0.2) is 13.1 Å². The summed E-state index contributed by atoms with van der Waals surface area (Å²) < 4.78 is 30.3. The van der Waals surface area contributed by atoms with E-state index in [0.29, 0.717) is 0 Å². The smallest absolute Gasteiger partial charge is 0.325 e. The third kappa shape index (κ3) is 3.97. The Morgan fingerprint density at radius 3 is 2.44 bits per heavy atom. The first-order valence-corrected chi connectivity index (χ1v) is 7.07. The van der Waals surface area contributed by atoms with Crippen molar-refractivity contribution in [3.63, 3.8) is 0 Å². The Bertz CT molecular complexity index is 512. The third-order valence-corrected chi connectivity index (χ3v) is 4.01. The van der Waals surface area contributed by atoms with Crippen LogP contribution in [0.15, 0.2) is 29.2 Å². The Morgan fingerprint density at radius 1 is 1.39 bits per heavy atom. The van der Waals surface area contributed by atoms with Crippen LogP contribution in [0.2, 0.25) is 0 Å². The Morgan fingerprint density at radius 2 is 1.94 bits per heavy atom. The van der Waals surface area contributed by atoms with Crippen LogP contribution in [0.4, 0.5) is 0 Å². The molecule has 1 aromatic carbocycles. The third-order valence-electron chi connectivity index (χ3n) is 2.24. The summed E-state index contributed by atoms with van der Waals surface area (Å²) in [6.45, 7) is 1.64. The molecule has 0 fully saturated rings. The topological polar surface area (TPSA) is 72.5 Å². The van der Waals surface area contributed by atoms with Crippen LogP contribution >= 0.6 is 11.6 Å². The van der Waals surface area contributed by atoms with Crippen LogP contribution in [0.5, 0.6) is 0 Å². The number of benzene rings is 1. The Kier molecular flexibility index (Phi) is 5.13. The predicted octanol–water partition coefficient (Wildman–Crippen LogP) is 1.05. The van der Waals surface area contributed by atoms with Crippen LogP contribution in [0.25, 0.3) is 0 Å². The van der Waals surface area contributed by atoms with E-state index >= 15 is 0 Å². The molecule has 1 unspecified atom stereocenters. The second kappa shape index (κ2) is 6.17. The number of alkyl halides is 1. The molecular formula is C11H14ClNO4S. The molecule has 0 spiro atoms. The average Bonchev–Trinajstić information content (AvgIpc) is 2.35. The molecule has 0 aliphatic heterocycles. The van der Waals surface area contributed by atoms with Crippen LogP contribution in [-0.4, -0.2) is 33.4 Å². The Hall–Kier alpha value is -1.11. The first-order chi connectivity index (χ1) is 8.36. The summed E-state index contributed by atoms with van der Waals surface area (Å²) in [4.78, 5) is 11.1. The zero-order valence-corrected chi connectivity index (χ0v) is 11.6. The van der Waals surface area contributed by atoms with Gasteiger partial charge in [0.2, 0.25) is 10.0 Å². The van der Waals surface area contributed by atoms with Crippen molar-refractivity contribution in [3.05, 3.63) is 29.8 Å². The minimum absolute atomic E-state index is 0.127. The first-order valence-electron chi connectivity index (χ1n) is 5.15. The highest BCUT2D eigenvalue weighted by Crippen LogP contribution is 2.10. The predicted molar refractivity (Wildman–Crippen MR) is 68.0 cm³/mol. The lowest BCUT2D eigenvalue weighted by Crippen LogP contribution is -2.34. The number of ether oxygens (including phenoxy) is 1. The molecule has 7 heteroatoms. The van der Waals surface area contributed by atoms with Crippen molar-refractivity contribution in [2.24, 2.45) is 0 Å². The molecule has 1 atom stereocenters. The van der Waals surface area contributed by atoms with Gasteiger partial charge in [0.05, 0.1) is 12.0 Å². The summed E-state index contributed by atoms with van der Waals surface area (Å²) in [5, 5.41) is -1.05. The molecule has 0 aliphatic rings. The fourth-order valence-corrected chi connectivity index (χ4v) is 2.50. The molecule has 1 rings (SSSR count). The van der Waals surface area contributed by atoms with E-state index in [1.165, 1.54) is 19.2 Å². The first kappa shape index (κ1) is 14.9. The maximum Gasteiger partial charge on any atom is 0.325 e. The van der Waals surface area contributed by atoms with E-state index in [1.807, 2.05) is 6.92 Å². The molecule has 100 valence electrons. The average molecular weight is 292 g/mol. The van der Waals surface area contributed by atoms with Crippen molar-refractivity contribution in [1.29, 1.82) is 0 Å². The fourth-order valence-electron chi connectivity index (χ4n) is 1.19. The Balaban J connectivity index is 2.71. The minimum atomic E-state index is -3.66. The van der Waals surface area contributed by atoms with E-state index in [-0.39, 0.29) is 11.4 Å². The number of carbonyl (C=O) groups excluding carboxylic acids is 1. The highest BCUT2D eigenvalue weighted by Gasteiger charge is 2.20. The SMILES string of the molecule is COC(=O)C(Cl)CNS(=O)(=O)c1ccc(C)cc1. The molecule has 0 bridgehead atoms. The van der Waals surface area contributed by atoms with Gasteiger partial charge in [-0.3, -0.25) is 4.79 Å². The zero-order valence-electron chi connectivity index (χ0n) is 10.0. The number of aryl methyl sites for hydroxylation is 1. The molecule has 0 heterocycles. The lowest BCUT2D eigenvalue weighted by atomic mass is 10.2. The van der Waals surface area contributed by atoms with Gasteiger partial charge in [0.1, 0.15) is 5.38 Å². The van der Waals surface area contributed by atoms with E-state index in [4.69, 9.17) is 11.6 Å². The van der Waals surface area contributed by atoms with Gasteiger partial charge >= 0.3 is 5.97 Å². The van der Waals surface area contributed by atoms with E-state index < -0.39 is 21.4 Å². The number of nitrogens with one attached hydrogen (secondary N) is 1. The largest absolute Gasteiger partial charge is 0.468 e. The summed E-state index contributed by atoms with van der Waals surface area (Å²) in [6, 6.07) is 6.35. The second-order valence-electron chi connectivity index (χ2n) is 3.66. The lowest BCUT2D eigenvalue weighted by Gasteiger charge is -2.09. The molecule has 1 N–H and O–H groups in total. The number of esters is 1. The molecule has 18 heavy (non-hydrogen) atoms. The maximum absolute atomic E-state index is 11.8. The lowest BCUT2D eigenvalue weighted by molar-refractivity contribution is -0.140. The quantitative estimate of drug-likeness (QED) is 0.650. The van der Waals surface area contributed by atoms with Gasteiger partial charge < -0.3 is 4.74 Å². The number of hydrogen-bond donors (Lipinski definition) is 1. The molecule has 0 saturated heterocycles. The van der Waals surface area contributed by atoms with Crippen LogP contribution in [0.3, 0.4) is 0 Å². The minimum Gasteiger partial charge on any atom is -0.468 e. The summed E-state index contributed by atoms with van der Waals surface area (Å²) in [6.07, 6.45) is 0. The normalized spacial score (nSPS) is 13.1. The van der Waals surface area contributed by atoms with Crippen molar-refractivity contribution >= 4 is 27.6 Å². The Labute approximate surface area is 111 Å². The molecule has 0 radical (unpaired) electrons. The number of halogens is 1. The summed E-state index contributed by atoms with van der Waals surface area (Å²) in [7, 11) is -2.47. The van der Waals surface area contributed by atoms with Gasteiger partial charge in [0.25, 0.3) is 0 Å². The number of hydrogen-bond acceptors (Lipinski definition) is 4. The number of carbonyl (C=O) groups is 1. The van der Waals surface area contributed by atoms with Crippen molar-refractivity contribution in [1.82, 2.24) is 4.72 Å². The van der Waals surface area contributed by atoms with E-state index in [1.54, 1.807) is 12.1 Å². The molecule has 0 saturated carbocycles. The van der Waals surface area contributed by atoms with Gasteiger partial charge in [0, 0.05) is 6.54 Å². The zero-order chi connectivity index (χ0) is 13.8. The standard InChI is InChI=1S/C11H14ClNO4S/c1-8-3-5-9(6-4-8)18(15,16)13-7-10(12)11(14)17-2/h3-6,10,13H,7H2,1-2H3. The van der Waals surface area contributed by atoms with Gasteiger partial charge in [0.15, 0.2) is 0 Å². The molecule has 5 nitrogen and oxygen atoms in total. The van der Waals surface area contributed by atoms with Crippen LogP contribution in [0.1, 0.15) is 5.56 Å². The second-order valence-corrected chi connectivity index (χ2v) is 5.95. The molecular weight excluding hydrogens is 278 g/mol. The summed E-state index contributed by atoms with van der Waals surface area (Å²) in [5.41, 5.74) is 0.957. The van der Waals surface area contributed by atoms with Gasteiger partial charge in [-0.15, -0.1) is 11.6 Å². The highest BCUT2D eigenvalue weighted by atomic mass is 35.5. The fraction of sp³-hybridized carbons (Fsp3) is 0.364. The van der Waals surface area contributed by atoms with E-state index in [9.17, 15) is 13.2 Å². The number of rotatable bonds is 5. The number of methoxy groups -OCH3 is 1. The van der Waals surface area contributed by atoms with Gasteiger partial charge in [-0.05, 0) is 19.1 Å². The van der Waals surface area contributed by atoms with Crippen molar-refractivity contribution < 1.29 is 17.9 Å². The molecule has 0 aliphatic carbocycles. The van der Waals surface area contributed by atoms with Crippen LogP contribution in [0, 0.1) is 6.92 Å². The van der Waals surface area contributed by atoms with Crippen molar-refractivity contribution in [3.8, 4) is 0 Å². The maximum atomic E-state index is 11.8. The molecule has 0 amide bonds. The number of sulfonamides is 1. The van der Waals surface area contributed by atoms with Gasteiger partial charge in [-0.2, -0.15) is 0 Å². The molecule has 0 aromatic heterocycles. The van der Waals surface area contributed by atoms with Crippen molar-refractivity contribution in [2.75, 3.05) is 13.7 Å². The van der Waals surface area contributed by atoms with E-state index in [2.05, 4.69) is 9.46 Å². The summed E-state index contributed by atoms with van der Waals surface area (Å²) in [5.74, 6) is -0.678. The van der Waals surface area contributed by atoms with E-state index in [0.717, 1.165) is 5.56 Å². The van der Waals surface area contributed by atoms with Crippen molar-refractivity contribution in [2.45, 2.75) is 17.2 Å². The highest BCUT2D eigenvalue weighted by molar-refractivity contribution is 7.89. The monoisotopic (exact) mass is 291 g/mol.